The molecule has 0 heterocycles. The molecular formula is C19H34O3P+. The molecule has 0 radical (unpaired) electrons. The second-order valence-electron chi connectivity index (χ2n) is 6.54. The first kappa shape index (κ1) is 20.6. The minimum Gasteiger partial charge on any atom is -0.193 e. The number of benzene rings is 1. The summed E-state index contributed by atoms with van der Waals surface area (Å²) in [5.41, 5.74) is 1.45. The maximum Gasteiger partial charge on any atom is 0.403 e. The van der Waals surface area contributed by atoms with Crippen LogP contribution in [-0.2, 0) is 6.42 Å². The lowest BCUT2D eigenvalue weighted by molar-refractivity contribution is 0.328. The second-order valence-corrected chi connectivity index (χ2v) is 8.37. The Morgan fingerprint density at radius 1 is 0.565 bits per heavy atom. The first-order valence-electron chi connectivity index (χ1n) is 9.18. The Kier molecular flexibility index (Phi) is 11.5. The summed E-state index contributed by atoms with van der Waals surface area (Å²) in [4.78, 5) is 26.6. The predicted octanol–water partition coefficient (Wildman–Crippen LogP) is 5.26. The predicted molar refractivity (Wildman–Crippen MR) is 99.4 cm³/mol. The van der Waals surface area contributed by atoms with Gasteiger partial charge in [-0.3, -0.25) is 0 Å². The average molecular weight is 341 g/mol. The lowest BCUT2D eigenvalue weighted by Gasteiger charge is -2.04. The van der Waals surface area contributed by atoms with Crippen LogP contribution in [0.1, 0.15) is 76.2 Å². The van der Waals surface area contributed by atoms with E-state index in [9.17, 15) is 0 Å². The third-order valence-corrected chi connectivity index (χ3v) is 5.18. The van der Waals surface area contributed by atoms with Crippen LogP contribution in [0.4, 0.5) is 0 Å². The van der Waals surface area contributed by atoms with E-state index >= 15 is 0 Å². The van der Waals surface area contributed by atoms with Crippen molar-refractivity contribution < 1.29 is 14.7 Å². The Labute approximate surface area is 142 Å². The minimum absolute atomic E-state index is 0.163. The van der Waals surface area contributed by atoms with Crippen molar-refractivity contribution in [2.45, 2.75) is 77.0 Å². The van der Waals surface area contributed by atoms with Gasteiger partial charge < -0.3 is 0 Å². The fraction of sp³-hybridized carbons (Fsp3) is 0.684. The second kappa shape index (κ2) is 12.9. The fourth-order valence-electron chi connectivity index (χ4n) is 2.89. The Morgan fingerprint density at radius 3 is 1.48 bits per heavy atom. The molecule has 3 N–H and O–H groups in total. The molecule has 1 rings (SSSR count). The van der Waals surface area contributed by atoms with Gasteiger partial charge in [-0.05, 0) is 31.2 Å². The molecule has 4 heteroatoms. The zero-order valence-electron chi connectivity index (χ0n) is 14.4. The van der Waals surface area contributed by atoms with Gasteiger partial charge in [0.05, 0.1) is 0 Å². The van der Waals surface area contributed by atoms with E-state index in [0.29, 0.717) is 0 Å². The summed E-state index contributed by atoms with van der Waals surface area (Å²) in [7, 11) is -3.52. The highest BCUT2D eigenvalue weighted by Gasteiger charge is 2.27. The summed E-state index contributed by atoms with van der Waals surface area (Å²) in [5, 5.41) is 0. The molecule has 0 fully saturated rings. The summed E-state index contributed by atoms with van der Waals surface area (Å²) in [6.07, 6.45) is 14.7. The Morgan fingerprint density at radius 2 is 1.00 bits per heavy atom. The molecule has 1 aromatic rings. The number of aryl methyl sites for hydroxylation is 1. The van der Waals surface area contributed by atoms with E-state index in [1.807, 2.05) is 0 Å². The molecule has 0 unspecified atom stereocenters. The van der Waals surface area contributed by atoms with Crippen LogP contribution in [0.25, 0.3) is 0 Å². The van der Waals surface area contributed by atoms with E-state index in [1.165, 1.54) is 63.4 Å². The highest BCUT2D eigenvalue weighted by atomic mass is 31.2. The van der Waals surface area contributed by atoms with Crippen LogP contribution in [-0.4, -0.2) is 20.8 Å². The summed E-state index contributed by atoms with van der Waals surface area (Å²) in [6, 6.07) is 10.7. The molecule has 23 heavy (non-hydrogen) atoms. The van der Waals surface area contributed by atoms with E-state index < -0.39 is 7.94 Å². The Bertz CT molecular complexity index is 376. The molecule has 0 amide bonds. The highest BCUT2D eigenvalue weighted by Crippen LogP contribution is 2.45. The molecule has 3 nitrogen and oxygen atoms in total. The number of unbranched alkanes of at least 4 members (excludes halogenated alkanes) is 10. The van der Waals surface area contributed by atoms with Crippen molar-refractivity contribution in [1.29, 1.82) is 0 Å². The van der Waals surface area contributed by atoms with Crippen molar-refractivity contribution in [2.24, 2.45) is 0 Å². The fourth-order valence-corrected chi connectivity index (χ4v) is 3.54. The topological polar surface area (TPSA) is 60.7 Å². The maximum atomic E-state index is 8.87. The van der Waals surface area contributed by atoms with E-state index in [2.05, 4.69) is 30.3 Å². The SMILES string of the molecule is O[P+](O)(O)CCCCCCCCCCCCCc1ccccc1. The normalized spacial score (nSPS) is 11.8. The largest absolute Gasteiger partial charge is 0.403 e. The van der Waals surface area contributed by atoms with Crippen LogP contribution >= 0.6 is 7.94 Å². The standard InChI is InChI=1S/C19H34O3P/c20-23(21,22)18-14-9-7-5-3-1-2-4-6-8-11-15-19-16-12-10-13-17-19/h10,12-13,16-17,20-22H,1-9,11,14-15,18H2/q+1. The van der Waals surface area contributed by atoms with Crippen LogP contribution in [0.15, 0.2) is 30.3 Å². The van der Waals surface area contributed by atoms with E-state index in [1.54, 1.807) is 0 Å². The van der Waals surface area contributed by atoms with Gasteiger partial charge in [0.15, 0.2) is 0 Å². The van der Waals surface area contributed by atoms with Gasteiger partial charge in [0.2, 0.25) is 0 Å². The Hall–Kier alpha value is -0.470. The van der Waals surface area contributed by atoms with Crippen LogP contribution in [0.5, 0.6) is 0 Å². The molecular weight excluding hydrogens is 307 g/mol. The maximum absolute atomic E-state index is 8.87. The first-order chi connectivity index (χ1) is 11.1. The van der Waals surface area contributed by atoms with Gasteiger partial charge >= 0.3 is 7.94 Å². The van der Waals surface area contributed by atoms with Gasteiger partial charge in [-0.2, -0.15) is 14.7 Å². The van der Waals surface area contributed by atoms with Crippen LogP contribution < -0.4 is 0 Å². The average Bonchev–Trinajstić information content (AvgIpc) is 2.52. The minimum atomic E-state index is -3.52. The molecule has 0 aliphatic carbocycles. The lowest BCUT2D eigenvalue weighted by atomic mass is 10.0. The van der Waals surface area contributed by atoms with Crippen molar-refractivity contribution in [3.8, 4) is 0 Å². The van der Waals surface area contributed by atoms with Gasteiger partial charge in [0.25, 0.3) is 0 Å². The van der Waals surface area contributed by atoms with Gasteiger partial charge in [-0.15, -0.1) is 0 Å². The Balaban J connectivity index is 1.76. The third kappa shape index (κ3) is 13.6. The van der Waals surface area contributed by atoms with Gasteiger partial charge in [0, 0.05) is 0 Å². The molecule has 0 saturated heterocycles. The first-order valence-corrected chi connectivity index (χ1v) is 11.0. The van der Waals surface area contributed by atoms with Gasteiger partial charge in [-0.25, -0.2) is 0 Å². The van der Waals surface area contributed by atoms with Crippen molar-refractivity contribution in [1.82, 2.24) is 0 Å². The van der Waals surface area contributed by atoms with Crippen molar-refractivity contribution >= 4 is 7.94 Å². The molecule has 132 valence electrons. The van der Waals surface area contributed by atoms with Gasteiger partial charge in [-0.1, -0.05) is 81.7 Å². The summed E-state index contributed by atoms with van der Waals surface area (Å²) < 4.78 is 0. The molecule has 1 aromatic carbocycles. The molecule has 0 aromatic heterocycles. The summed E-state index contributed by atoms with van der Waals surface area (Å²) >= 11 is 0. The van der Waals surface area contributed by atoms with Crippen LogP contribution in [0.2, 0.25) is 0 Å². The van der Waals surface area contributed by atoms with E-state index in [4.69, 9.17) is 14.7 Å². The smallest absolute Gasteiger partial charge is 0.193 e. The molecule has 0 bridgehead atoms. The number of rotatable bonds is 14. The molecule has 0 atom stereocenters. The molecule has 0 aliphatic heterocycles. The van der Waals surface area contributed by atoms with Gasteiger partial charge in [0.1, 0.15) is 6.16 Å². The molecule has 0 spiro atoms. The van der Waals surface area contributed by atoms with Crippen LogP contribution in [0, 0.1) is 0 Å². The quantitative estimate of drug-likeness (QED) is 0.319. The van der Waals surface area contributed by atoms with Crippen molar-refractivity contribution in [3.05, 3.63) is 35.9 Å². The zero-order chi connectivity index (χ0) is 16.8. The van der Waals surface area contributed by atoms with Crippen molar-refractivity contribution in [2.75, 3.05) is 6.16 Å². The number of hydrogen-bond acceptors (Lipinski definition) is 3. The summed E-state index contributed by atoms with van der Waals surface area (Å²) in [6.45, 7) is 0. The third-order valence-electron chi connectivity index (χ3n) is 4.27. The highest BCUT2D eigenvalue weighted by molar-refractivity contribution is 7.58. The summed E-state index contributed by atoms with van der Waals surface area (Å²) in [5.74, 6) is 0. The molecule has 0 aliphatic rings. The molecule has 0 saturated carbocycles. The van der Waals surface area contributed by atoms with E-state index in [-0.39, 0.29) is 6.16 Å². The lowest BCUT2D eigenvalue weighted by Crippen LogP contribution is -1.95. The van der Waals surface area contributed by atoms with Crippen molar-refractivity contribution in [3.63, 3.8) is 0 Å². The zero-order valence-corrected chi connectivity index (χ0v) is 15.3. The van der Waals surface area contributed by atoms with E-state index in [0.717, 1.165) is 19.3 Å². The number of hydrogen-bond donors (Lipinski definition) is 3. The monoisotopic (exact) mass is 341 g/mol. The van der Waals surface area contributed by atoms with Crippen LogP contribution in [0.3, 0.4) is 0 Å².